The molecule has 10 nitrogen and oxygen atoms in total. The third-order valence-corrected chi connectivity index (χ3v) is 7.57. The van der Waals surface area contributed by atoms with Crippen LogP contribution in [-0.4, -0.2) is 80.1 Å². The molecule has 0 aliphatic carbocycles. The van der Waals surface area contributed by atoms with E-state index in [1.54, 1.807) is 18.2 Å². The van der Waals surface area contributed by atoms with E-state index in [0.29, 0.717) is 33.2 Å². The number of nitrogens with zero attached hydrogens (tertiary/aromatic N) is 7. The average Bonchev–Trinajstić information content (AvgIpc) is 3.41. The fraction of sp³-hybridized carbons (Fsp3) is 0.417. The van der Waals surface area contributed by atoms with Crippen molar-refractivity contribution in [1.82, 2.24) is 34.6 Å². The van der Waals surface area contributed by atoms with E-state index in [4.69, 9.17) is 9.72 Å². The zero-order valence-corrected chi connectivity index (χ0v) is 21.6. The molecule has 14 heteroatoms. The Morgan fingerprint density at radius 3 is 2.58 bits per heavy atom. The number of aryl methyl sites for hydroxylation is 2. The summed E-state index contributed by atoms with van der Waals surface area (Å²) in [4.78, 5) is 18.6. The van der Waals surface area contributed by atoms with Crippen molar-refractivity contribution < 1.29 is 20.8 Å². The Hall–Kier alpha value is -3.36. The van der Waals surface area contributed by atoms with Crippen LogP contribution in [0.4, 0.5) is 30.6 Å². The Morgan fingerprint density at radius 2 is 1.87 bits per heavy atom. The number of halogens is 3. The fourth-order valence-electron chi connectivity index (χ4n) is 4.71. The van der Waals surface area contributed by atoms with E-state index in [-0.39, 0.29) is 8.37 Å². The van der Waals surface area contributed by atoms with Crippen LogP contribution in [0.1, 0.15) is 14.4 Å². The number of aromatic nitrogens is 6. The number of nitrogens with one attached hydrogen (secondary N) is 2. The molecule has 0 bridgehead atoms. The van der Waals surface area contributed by atoms with E-state index < -0.39 is 12.0 Å². The Morgan fingerprint density at radius 1 is 1.08 bits per heavy atom. The normalized spacial score (nSPS) is 17.2. The van der Waals surface area contributed by atoms with Crippen LogP contribution < -0.4 is 10.2 Å². The topological polar surface area (TPSA) is 100 Å². The van der Waals surface area contributed by atoms with Crippen LogP contribution in [0.5, 0.6) is 0 Å². The van der Waals surface area contributed by atoms with E-state index in [0.717, 1.165) is 55.5 Å². The zero-order chi connectivity index (χ0) is 26.4. The summed E-state index contributed by atoms with van der Waals surface area (Å²) in [5.41, 5.74) is 1.58. The number of hydrogen-bond acceptors (Lipinski definition) is 9. The number of anilines is 3. The lowest BCUT2D eigenvalue weighted by molar-refractivity contribution is -0.146. The molecule has 0 spiro atoms. The number of imidazole rings is 1. The fourth-order valence-corrected chi connectivity index (χ4v) is 5.51. The summed E-state index contributed by atoms with van der Waals surface area (Å²) in [6.07, 6.45) is -4.53. The number of morpholine rings is 1. The van der Waals surface area contributed by atoms with Crippen molar-refractivity contribution in [3.63, 3.8) is 0 Å². The lowest BCUT2D eigenvalue weighted by Gasteiger charge is -2.47. The lowest BCUT2D eigenvalue weighted by atomic mass is 10.1. The minimum atomic E-state index is -4.53. The number of rotatable bonds is 6. The smallest absolute Gasteiger partial charge is 0.379 e. The molecule has 204 valence electrons. The monoisotopic (exact) mass is 549 g/mol. The predicted molar refractivity (Wildman–Crippen MR) is 141 cm³/mol. The molecule has 0 amide bonds. The molecule has 3 aromatic heterocycles. The highest BCUT2D eigenvalue weighted by Crippen LogP contribution is 2.35. The second-order valence-electron chi connectivity index (χ2n) is 9.41. The summed E-state index contributed by atoms with van der Waals surface area (Å²) >= 11 is 1.29. The molecule has 1 aromatic carbocycles. The minimum Gasteiger partial charge on any atom is -0.379 e. The molecule has 2 N–H and O–H groups in total. The zero-order valence-electron chi connectivity index (χ0n) is 20.8. The molecule has 5 heterocycles. The highest BCUT2D eigenvalue weighted by molar-refractivity contribution is 7.99. The highest BCUT2D eigenvalue weighted by Gasteiger charge is 2.37. The van der Waals surface area contributed by atoms with Gasteiger partial charge in [0.1, 0.15) is 11.6 Å². The first kappa shape index (κ1) is 24.9. The molecule has 0 saturated carbocycles. The van der Waals surface area contributed by atoms with Gasteiger partial charge < -0.3 is 19.5 Å². The molecule has 2 fully saturated rings. The summed E-state index contributed by atoms with van der Waals surface area (Å²) in [6, 6.07) is 9.22. The van der Waals surface area contributed by atoms with Gasteiger partial charge in [-0.2, -0.15) is 18.3 Å². The summed E-state index contributed by atoms with van der Waals surface area (Å²) in [5, 5.41) is 10.8. The second kappa shape index (κ2) is 9.75. The van der Waals surface area contributed by atoms with Crippen LogP contribution in [0.15, 0.2) is 40.4 Å². The van der Waals surface area contributed by atoms with Gasteiger partial charge in [-0.25, -0.2) is 15.0 Å². The van der Waals surface area contributed by atoms with E-state index in [9.17, 15) is 13.2 Å². The van der Waals surface area contributed by atoms with Crippen molar-refractivity contribution in [3.8, 4) is 0 Å². The maximum absolute atomic E-state index is 13.3. The van der Waals surface area contributed by atoms with Gasteiger partial charge in [0.15, 0.2) is 11.0 Å². The summed E-state index contributed by atoms with van der Waals surface area (Å²) in [5.74, 6) is 1.07. The van der Waals surface area contributed by atoms with Crippen LogP contribution >= 0.6 is 11.8 Å². The average molecular weight is 550 g/mol. The van der Waals surface area contributed by atoms with E-state index in [2.05, 4.69) is 35.3 Å². The van der Waals surface area contributed by atoms with Crippen molar-refractivity contribution in [3.05, 3.63) is 41.9 Å². The molecule has 0 unspecified atom stereocenters. The number of hydrogen-bond donors (Lipinski definition) is 2. The Balaban J connectivity index is 0.00000185. The van der Waals surface area contributed by atoms with Crippen LogP contribution in [-0.2, 0) is 18.0 Å². The Labute approximate surface area is 223 Å². The third kappa shape index (κ3) is 5.02. The Kier molecular flexibility index (Phi) is 6.40. The van der Waals surface area contributed by atoms with E-state index in [1.165, 1.54) is 18.8 Å². The number of fused-ring (bicyclic) bond motifs is 1. The van der Waals surface area contributed by atoms with Crippen LogP contribution in [0.2, 0.25) is 0 Å². The number of H-pyrrole nitrogens is 1. The van der Waals surface area contributed by atoms with Gasteiger partial charge in [-0.1, -0.05) is 0 Å². The first-order chi connectivity index (χ1) is 18.2. The van der Waals surface area contributed by atoms with Crippen molar-refractivity contribution in [2.45, 2.75) is 29.2 Å². The first-order valence-electron chi connectivity index (χ1n) is 12.2. The molecule has 2 aliphatic rings. The summed E-state index contributed by atoms with van der Waals surface area (Å²) in [6.45, 7) is 6.99. The molecule has 0 atom stereocenters. The van der Waals surface area contributed by atoms with Crippen molar-refractivity contribution in [2.24, 2.45) is 7.05 Å². The van der Waals surface area contributed by atoms with Gasteiger partial charge >= 0.3 is 6.18 Å². The molecular weight excluding hydrogens is 519 g/mol. The molecule has 4 aromatic rings. The number of benzene rings is 1. The van der Waals surface area contributed by atoms with Gasteiger partial charge in [-0.15, -0.1) is 0 Å². The quantitative estimate of drug-likeness (QED) is 0.341. The van der Waals surface area contributed by atoms with Gasteiger partial charge in [-0.05, 0) is 36.9 Å². The van der Waals surface area contributed by atoms with E-state index in [1.807, 2.05) is 19.1 Å². The summed E-state index contributed by atoms with van der Waals surface area (Å²) < 4.78 is 46.5. The number of ether oxygens (including phenoxy) is 1. The highest BCUT2D eigenvalue weighted by atomic mass is 32.2. The number of alkyl halides is 3. The summed E-state index contributed by atoms with van der Waals surface area (Å²) in [7, 11) is 1.37. The number of aromatic amines is 1. The molecule has 2 aliphatic heterocycles. The predicted octanol–water partition coefficient (Wildman–Crippen LogP) is 4.32. The standard InChI is InChI=1S/C24H26F3N9OS.2H2/c1-14-9-20(33-32-14)29-19-11-21(36-12-15(13-36)35-5-7-37-8-6-35)31-23(30-19)38-16-3-4-17-18(10-16)34(2)22(28-17)24(25,26)27;;/h3-4,9-11,15H,5-8,12-13H2,1-2H3,(H2,29,30,31,32,33);2*1H. The van der Waals surface area contributed by atoms with Crippen LogP contribution in [0.25, 0.3) is 11.0 Å². The SMILES string of the molecule is Cc1cc(Nc2cc(N3CC(N4CCOCC4)C3)nc(Sc3ccc4nc(C(F)(F)F)n(C)c4c3)n2)n[nH]1.[HH].[HH]. The van der Waals surface area contributed by atoms with Gasteiger partial charge in [0, 0.05) is 64.8 Å². The molecule has 0 radical (unpaired) electrons. The second-order valence-corrected chi connectivity index (χ2v) is 10.4. The van der Waals surface area contributed by atoms with Crippen molar-refractivity contribution in [1.29, 1.82) is 0 Å². The first-order valence-corrected chi connectivity index (χ1v) is 13.0. The van der Waals surface area contributed by atoms with Crippen molar-refractivity contribution >= 4 is 40.2 Å². The maximum Gasteiger partial charge on any atom is 0.449 e. The van der Waals surface area contributed by atoms with Crippen LogP contribution in [0, 0.1) is 6.92 Å². The third-order valence-electron chi connectivity index (χ3n) is 6.72. The van der Waals surface area contributed by atoms with Gasteiger partial charge in [0.2, 0.25) is 5.82 Å². The largest absolute Gasteiger partial charge is 0.449 e. The molecule has 38 heavy (non-hydrogen) atoms. The van der Waals surface area contributed by atoms with Gasteiger partial charge in [-0.3, -0.25) is 10.00 Å². The molecule has 2 saturated heterocycles. The van der Waals surface area contributed by atoms with Crippen LogP contribution in [0.3, 0.4) is 0 Å². The molecular formula is C24H30F3N9OS. The van der Waals surface area contributed by atoms with E-state index >= 15 is 0 Å². The van der Waals surface area contributed by atoms with Crippen molar-refractivity contribution in [2.75, 3.05) is 49.6 Å². The Bertz CT molecular complexity index is 1470. The lowest BCUT2D eigenvalue weighted by Crippen LogP contribution is -2.61. The van der Waals surface area contributed by atoms with Gasteiger partial charge in [0.05, 0.1) is 24.2 Å². The maximum atomic E-state index is 13.3. The molecule has 6 rings (SSSR count). The van der Waals surface area contributed by atoms with Gasteiger partial charge in [0.25, 0.3) is 0 Å². The minimum absolute atomic E-state index is 0.